The molecule has 0 radical (unpaired) electrons. The number of pyridine rings is 1. The smallest absolute Gasteiger partial charge is 0.101 e. The topological polar surface area (TPSA) is 48.7 Å². The Hall–Kier alpha value is -1.66. The van der Waals surface area contributed by atoms with E-state index in [4.69, 9.17) is 5.26 Å². The van der Waals surface area contributed by atoms with E-state index in [9.17, 15) is 0 Å². The summed E-state index contributed by atoms with van der Waals surface area (Å²) in [4.78, 5) is 4.30. The second kappa shape index (κ2) is 3.97. The van der Waals surface area contributed by atoms with E-state index in [1.807, 2.05) is 19.2 Å². The van der Waals surface area contributed by atoms with Gasteiger partial charge in [-0.3, -0.25) is 4.98 Å². The number of aromatic nitrogens is 1. The van der Waals surface area contributed by atoms with Crippen LogP contribution in [0.25, 0.3) is 5.57 Å². The van der Waals surface area contributed by atoms with Gasteiger partial charge < -0.3 is 5.32 Å². The third-order valence-electron chi connectivity index (χ3n) is 3.83. The molecule has 1 fully saturated rings. The van der Waals surface area contributed by atoms with Gasteiger partial charge in [0.25, 0.3) is 0 Å². The quantitative estimate of drug-likeness (QED) is 0.795. The fourth-order valence-corrected chi connectivity index (χ4v) is 2.81. The molecule has 0 spiro atoms. The molecule has 86 valence electrons. The lowest BCUT2D eigenvalue weighted by molar-refractivity contribution is 0.563. The van der Waals surface area contributed by atoms with Crippen molar-refractivity contribution in [3.8, 4) is 6.07 Å². The van der Waals surface area contributed by atoms with E-state index in [1.54, 1.807) is 0 Å². The molecule has 1 aliphatic heterocycles. The van der Waals surface area contributed by atoms with Crippen molar-refractivity contribution < 1.29 is 0 Å². The fraction of sp³-hybridized carbons (Fsp3) is 0.429. The summed E-state index contributed by atoms with van der Waals surface area (Å²) in [7, 11) is 0. The molecular formula is C14H15N3. The van der Waals surface area contributed by atoms with Gasteiger partial charge in [0.1, 0.15) is 6.07 Å². The zero-order chi connectivity index (χ0) is 11.8. The molecule has 0 unspecified atom stereocenters. The molecule has 0 saturated carbocycles. The van der Waals surface area contributed by atoms with Gasteiger partial charge in [-0.15, -0.1) is 0 Å². The first kappa shape index (κ1) is 10.5. The monoisotopic (exact) mass is 225 g/mol. The molecular weight excluding hydrogens is 210 g/mol. The molecule has 0 aromatic carbocycles. The number of nitriles is 1. The van der Waals surface area contributed by atoms with Gasteiger partial charge >= 0.3 is 0 Å². The normalized spacial score (nSPS) is 26.5. The molecule has 2 atom stereocenters. The summed E-state index contributed by atoms with van der Waals surface area (Å²) in [6, 6.07) is 4.78. The average Bonchev–Trinajstić information content (AvgIpc) is 2.90. The Morgan fingerprint density at radius 2 is 2.41 bits per heavy atom. The van der Waals surface area contributed by atoms with E-state index < -0.39 is 0 Å². The molecule has 0 bridgehead atoms. The van der Waals surface area contributed by atoms with Gasteiger partial charge in [-0.1, -0.05) is 6.08 Å². The first-order chi connectivity index (χ1) is 8.28. The van der Waals surface area contributed by atoms with Crippen molar-refractivity contribution in [1.29, 1.82) is 5.26 Å². The summed E-state index contributed by atoms with van der Waals surface area (Å²) in [6.45, 7) is 3.01. The lowest BCUT2D eigenvalue weighted by Gasteiger charge is -2.08. The number of nitrogens with one attached hydrogen (secondary N) is 1. The first-order valence-electron chi connectivity index (χ1n) is 6.09. The fourth-order valence-electron chi connectivity index (χ4n) is 2.81. The predicted octanol–water partition coefficient (Wildman–Crippen LogP) is 2.03. The van der Waals surface area contributed by atoms with Crippen molar-refractivity contribution in [3.63, 3.8) is 0 Å². The zero-order valence-electron chi connectivity index (χ0n) is 9.90. The van der Waals surface area contributed by atoms with Gasteiger partial charge in [-0.2, -0.15) is 5.26 Å². The minimum absolute atomic E-state index is 0.608. The minimum atomic E-state index is 0.608. The molecule has 1 aromatic heterocycles. The van der Waals surface area contributed by atoms with Gasteiger partial charge in [-0.25, -0.2) is 0 Å². The lowest BCUT2D eigenvalue weighted by atomic mass is 10.0. The predicted molar refractivity (Wildman–Crippen MR) is 66.2 cm³/mol. The largest absolute Gasteiger partial charge is 0.313 e. The van der Waals surface area contributed by atoms with Gasteiger partial charge in [-0.05, 0) is 49.4 Å². The van der Waals surface area contributed by atoms with E-state index in [0.717, 1.165) is 24.2 Å². The van der Waals surface area contributed by atoms with Crippen LogP contribution in [-0.4, -0.2) is 17.6 Å². The Labute approximate surface area is 101 Å². The summed E-state index contributed by atoms with van der Waals surface area (Å²) < 4.78 is 0. The molecule has 1 saturated heterocycles. The Balaban J connectivity index is 1.93. The number of rotatable bonds is 1. The van der Waals surface area contributed by atoms with Crippen LogP contribution < -0.4 is 5.32 Å². The van der Waals surface area contributed by atoms with Gasteiger partial charge in [0.15, 0.2) is 0 Å². The number of nitrogens with zero attached hydrogens (tertiary/aromatic N) is 2. The molecule has 0 amide bonds. The molecule has 3 rings (SSSR count). The highest BCUT2D eigenvalue weighted by Crippen LogP contribution is 2.36. The highest BCUT2D eigenvalue weighted by Gasteiger charge is 2.31. The zero-order valence-corrected chi connectivity index (χ0v) is 9.90. The number of hydrogen-bond acceptors (Lipinski definition) is 3. The van der Waals surface area contributed by atoms with Crippen LogP contribution in [0.1, 0.15) is 29.7 Å². The lowest BCUT2D eigenvalue weighted by Crippen LogP contribution is -2.22. The van der Waals surface area contributed by atoms with Crippen LogP contribution in [0.15, 0.2) is 18.3 Å². The van der Waals surface area contributed by atoms with Crippen molar-refractivity contribution in [3.05, 3.63) is 35.2 Å². The Morgan fingerprint density at radius 1 is 1.53 bits per heavy atom. The van der Waals surface area contributed by atoms with Crippen LogP contribution in [0.2, 0.25) is 0 Å². The van der Waals surface area contributed by atoms with E-state index >= 15 is 0 Å². The van der Waals surface area contributed by atoms with Crippen LogP contribution in [0, 0.1) is 24.2 Å². The van der Waals surface area contributed by atoms with E-state index in [0.29, 0.717) is 17.5 Å². The third-order valence-corrected chi connectivity index (χ3v) is 3.83. The molecule has 3 heteroatoms. The molecule has 17 heavy (non-hydrogen) atoms. The second-order valence-electron chi connectivity index (χ2n) is 4.88. The highest BCUT2D eigenvalue weighted by atomic mass is 15.0. The van der Waals surface area contributed by atoms with Crippen LogP contribution in [0.4, 0.5) is 0 Å². The van der Waals surface area contributed by atoms with Crippen LogP contribution in [-0.2, 0) is 0 Å². The van der Waals surface area contributed by atoms with Crippen molar-refractivity contribution in [2.24, 2.45) is 5.92 Å². The second-order valence-corrected chi connectivity index (χ2v) is 4.88. The molecule has 1 aliphatic carbocycles. The summed E-state index contributed by atoms with van der Waals surface area (Å²) >= 11 is 0. The molecule has 2 heterocycles. The SMILES string of the molecule is Cc1ncc(C2=C[C@@H]3CCN[C@@H]3C2)cc1C#N. The number of aryl methyl sites for hydroxylation is 1. The van der Waals surface area contributed by atoms with Crippen LogP contribution in [0.3, 0.4) is 0 Å². The standard InChI is InChI=1S/C14H15N3/c1-9-12(7-15)5-13(8-17-9)11-4-10-2-3-16-14(10)6-11/h4-5,8,10,14,16H,2-3,6H2,1H3/t10-,14+/m0/s1. The van der Waals surface area contributed by atoms with E-state index in [2.05, 4.69) is 22.4 Å². The van der Waals surface area contributed by atoms with Gasteiger partial charge in [0, 0.05) is 12.2 Å². The van der Waals surface area contributed by atoms with Crippen LogP contribution >= 0.6 is 0 Å². The Kier molecular flexibility index (Phi) is 2.45. The maximum absolute atomic E-state index is 9.03. The van der Waals surface area contributed by atoms with Crippen molar-refractivity contribution in [2.45, 2.75) is 25.8 Å². The Morgan fingerprint density at radius 3 is 3.18 bits per heavy atom. The molecule has 2 aliphatic rings. The maximum atomic E-state index is 9.03. The molecule has 3 nitrogen and oxygen atoms in total. The Bertz CT molecular complexity index is 525. The van der Waals surface area contributed by atoms with Gasteiger partial charge in [0.2, 0.25) is 0 Å². The third kappa shape index (κ3) is 1.75. The van der Waals surface area contributed by atoms with Crippen LogP contribution in [0.5, 0.6) is 0 Å². The van der Waals surface area contributed by atoms with E-state index in [1.165, 1.54) is 12.0 Å². The average molecular weight is 225 g/mol. The number of hydrogen-bond donors (Lipinski definition) is 1. The molecule has 1 N–H and O–H groups in total. The van der Waals surface area contributed by atoms with Crippen molar-refractivity contribution in [1.82, 2.24) is 10.3 Å². The first-order valence-corrected chi connectivity index (χ1v) is 6.09. The van der Waals surface area contributed by atoms with Crippen molar-refractivity contribution in [2.75, 3.05) is 6.54 Å². The summed E-state index contributed by atoms with van der Waals surface area (Å²) in [5, 5.41) is 12.5. The molecule has 1 aromatic rings. The number of fused-ring (bicyclic) bond motifs is 1. The summed E-state index contributed by atoms with van der Waals surface area (Å²) in [5.41, 5.74) is 3.96. The van der Waals surface area contributed by atoms with E-state index in [-0.39, 0.29) is 0 Å². The minimum Gasteiger partial charge on any atom is -0.313 e. The summed E-state index contributed by atoms with van der Waals surface area (Å²) in [6.07, 6.45) is 6.56. The maximum Gasteiger partial charge on any atom is 0.101 e. The van der Waals surface area contributed by atoms with Crippen molar-refractivity contribution >= 4 is 5.57 Å². The highest BCUT2D eigenvalue weighted by molar-refractivity contribution is 5.69. The van der Waals surface area contributed by atoms with Gasteiger partial charge in [0.05, 0.1) is 11.3 Å². The summed E-state index contributed by atoms with van der Waals surface area (Å²) in [5.74, 6) is 0.678.